The van der Waals surface area contributed by atoms with E-state index in [4.69, 9.17) is 14.6 Å². The molecule has 4 aromatic rings. The van der Waals surface area contributed by atoms with Crippen molar-refractivity contribution in [3.05, 3.63) is 117 Å². The van der Waals surface area contributed by atoms with Crippen LogP contribution in [0.2, 0.25) is 0 Å². The normalized spacial score (nSPS) is 10.7. The zero-order valence-electron chi connectivity index (χ0n) is 20.8. The van der Waals surface area contributed by atoms with Crippen LogP contribution >= 0.6 is 0 Å². The first kappa shape index (κ1) is 29.6. The van der Waals surface area contributed by atoms with E-state index < -0.39 is 20.0 Å². The Kier molecular flexibility index (Phi) is 10.1. The summed E-state index contributed by atoms with van der Waals surface area (Å²) in [5.41, 5.74) is 1.23. The van der Waals surface area contributed by atoms with E-state index in [1.54, 1.807) is 24.3 Å². The molecule has 0 aliphatic carbocycles. The van der Waals surface area contributed by atoms with Crippen molar-refractivity contribution in [2.75, 3.05) is 6.26 Å². The number of pyridine rings is 2. The molecule has 0 amide bonds. The molecule has 1 N–H and O–H groups in total. The van der Waals surface area contributed by atoms with Crippen LogP contribution < -0.4 is 9.47 Å². The van der Waals surface area contributed by atoms with Crippen LogP contribution in [0.5, 0.6) is 23.3 Å². The molecule has 208 valence electrons. The van der Waals surface area contributed by atoms with Crippen molar-refractivity contribution in [2.45, 2.75) is 13.2 Å². The first-order valence-corrected chi connectivity index (χ1v) is 13.0. The first-order valence-electron chi connectivity index (χ1n) is 11.2. The summed E-state index contributed by atoms with van der Waals surface area (Å²) in [6, 6.07) is 17.7. The molecule has 0 unspecified atom stereocenters. The number of aliphatic hydroxyl groups is 1. The smallest absolute Gasteiger partial charge is 0.269 e. The third-order valence-corrected chi connectivity index (χ3v) is 5.30. The lowest BCUT2D eigenvalue weighted by Crippen LogP contribution is -2.02. The summed E-state index contributed by atoms with van der Waals surface area (Å²) in [5, 5.41) is 29.9. The lowest BCUT2D eigenvalue weighted by Gasteiger charge is -2.05. The van der Waals surface area contributed by atoms with Gasteiger partial charge in [0.05, 0.1) is 29.3 Å². The fraction of sp³-hybridized carbons (Fsp3) is 0.120. The lowest BCUT2D eigenvalue weighted by atomic mass is 10.3. The summed E-state index contributed by atoms with van der Waals surface area (Å²) in [7, 11) is -3.51. The van der Waals surface area contributed by atoms with Gasteiger partial charge in [-0.2, -0.15) is 8.42 Å². The van der Waals surface area contributed by atoms with Gasteiger partial charge < -0.3 is 14.6 Å². The van der Waals surface area contributed by atoms with Gasteiger partial charge in [-0.1, -0.05) is 0 Å². The van der Waals surface area contributed by atoms with Crippen LogP contribution in [0, 0.1) is 20.2 Å². The summed E-state index contributed by atoms with van der Waals surface area (Å²) in [5.74, 6) is 1.50. The average molecular weight is 571 g/mol. The molecule has 40 heavy (non-hydrogen) atoms. The number of nitro benzene ring substituents is 2. The van der Waals surface area contributed by atoms with E-state index in [9.17, 15) is 28.6 Å². The standard InChI is InChI=1S/C13H12N2O6S.C12H10N2O4/c1-22(18,19)20-9-10-2-7-13(14-8-10)21-12-5-3-11(4-6-12)15(16)17;15-8-9-1-6-12(13-7-9)18-11-4-2-10(3-5-11)14(16)17/h2-8H,9H2,1H3;1-7,15H,8H2. The van der Waals surface area contributed by atoms with Crippen LogP contribution in [0.3, 0.4) is 0 Å². The van der Waals surface area contributed by atoms with Crippen molar-refractivity contribution in [3.63, 3.8) is 0 Å². The number of aromatic nitrogens is 2. The number of benzene rings is 2. The van der Waals surface area contributed by atoms with Gasteiger partial charge in [-0.05, 0) is 47.5 Å². The number of hydrogen-bond acceptors (Lipinski definition) is 12. The highest BCUT2D eigenvalue weighted by Gasteiger charge is 2.08. The average Bonchev–Trinajstić information content (AvgIpc) is 2.94. The van der Waals surface area contributed by atoms with Crippen molar-refractivity contribution in [3.8, 4) is 23.3 Å². The van der Waals surface area contributed by atoms with Crippen molar-refractivity contribution in [1.29, 1.82) is 0 Å². The van der Waals surface area contributed by atoms with Gasteiger partial charge in [0.15, 0.2) is 0 Å². The van der Waals surface area contributed by atoms with Gasteiger partial charge in [0, 0.05) is 48.8 Å². The predicted molar refractivity (Wildman–Crippen MR) is 140 cm³/mol. The monoisotopic (exact) mass is 570 g/mol. The maximum Gasteiger partial charge on any atom is 0.269 e. The van der Waals surface area contributed by atoms with Gasteiger partial charge in [-0.3, -0.25) is 24.4 Å². The zero-order valence-corrected chi connectivity index (χ0v) is 21.6. The summed E-state index contributed by atoms with van der Waals surface area (Å²) in [6.45, 7) is -0.186. The van der Waals surface area contributed by atoms with Gasteiger partial charge in [-0.25, -0.2) is 9.97 Å². The molecule has 14 nitrogen and oxygen atoms in total. The quantitative estimate of drug-likeness (QED) is 0.159. The number of hydrogen-bond donors (Lipinski definition) is 1. The molecule has 0 bridgehead atoms. The molecular weight excluding hydrogens is 548 g/mol. The van der Waals surface area contributed by atoms with Crippen LogP contribution in [-0.2, 0) is 27.5 Å². The zero-order chi connectivity index (χ0) is 29.1. The molecule has 4 rings (SSSR count). The molecule has 0 radical (unpaired) electrons. The SMILES string of the molecule is CS(=O)(=O)OCc1ccc(Oc2ccc([N+](=O)[O-])cc2)nc1.O=[N+]([O-])c1ccc(Oc2ccc(CO)cn2)cc1. The maximum atomic E-state index is 10.9. The minimum Gasteiger partial charge on any atom is -0.439 e. The Morgan fingerprint density at radius 1 is 0.725 bits per heavy atom. The molecule has 0 aliphatic rings. The summed E-state index contributed by atoms with van der Waals surface area (Å²) < 4.78 is 37.2. The number of aliphatic hydroxyl groups excluding tert-OH is 1. The Morgan fingerprint density at radius 2 is 1.15 bits per heavy atom. The Morgan fingerprint density at radius 3 is 1.48 bits per heavy atom. The molecule has 0 fully saturated rings. The highest BCUT2D eigenvalue weighted by Crippen LogP contribution is 2.23. The lowest BCUT2D eigenvalue weighted by molar-refractivity contribution is -0.385. The van der Waals surface area contributed by atoms with E-state index >= 15 is 0 Å². The van der Waals surface area contributed by atoms with Gasteiger partial charge in [0.2, 0.25) is 11.8 Å². The highest BCUT2D eigenvalue weighted by atomic mass is 32.2. The van der Waals surface area contributed by atoms with Crippen LogP contribution in [0.4, 0.5) is 11.4 Å². The van der Waals surface area contributed by atoms with Gasteiger partial charge in [-0.15, -0.1) is 0 Å². The molecule has 0 saturated carbocycles. The number of nitrogens with zero attached hydrogens (tertiary/aromatic N) is 4. The van der Waals surface area contributed by atoms with Gasteiger partial charge in [0.25, 0.3) is 21.5 Å². The number of rotatable bonds is 10. The van der Waals surface area contributed by atoms with Crippen LogP contribution in [0.25, 0.3) is 0 Å². The minimum atomic E-state index is -3.51. The fourth-order valence-electron chi connectivity index (χ4n) is 2.81. The van der Waals surface area contributed by atoms with Crippen molar-refractivity contribution < 1.29 is 37.0 Å². The molecule has 0 aliphatic heterocycles. The van der Waals surface area contributed by atoms with Crippen molar-refractivity contribution in [2.24, 2.45) is 0 Å². The Bertz CT molecular complexity index is 1530. The van der Waals surface area contributed by atoms with E-state index in [-0.39, 0.29) is 30.5 Å². The second-order valence-corrected chi connectivity index (χ2v) is 9.48. The molecule has 0 spiro atoms. The van der Waals surface area contributed by atoms with E-state index in [0.717, 1.165) is 6.26 Å². The first-order chi connectivity index (χ1) is 19.0. The fourth-order valence-corrected chi connectivity index (χ4v) is 3.16. The highest BCUT2D eigenvalue weighted by molar-refractivity contribution is 7.85. The minimum absolute atomic E-state index is 0.00550. The second-order valence-electron chi connectivity index (χ2n) is 7.84. The Hall–Kier alpha value is -4.99. The molecule has 0 atom stereocenters. The maximum absolute atomic E-state index is 10.9. The third kappa shape index (κ3) is 9.71. The van der Waals surface area contributed by atoms with E-state index in [1.807, 2.05) is 0 Å². The van der Waals surface area contributed by atoms with E-state index in [1.165, 1.54) is 60.9 Å². The topological polar surface area (TPSA) is 194 Å². The van der Waals surface area contributed by atoms with Gasteiger partial charge in [0.1, 0.15) is 11.5 Å². The van der Waals surface area contributed by atoms with Crippen molar-refractivity contribution in [1.82, 2.24) is 9.97 Å². The number of nitro groups is 2. The van der Waals surface area contributed by atoms with Crippen LogP contribution in [0.1, 0.15) is 11.1 Å². The second kappa shape index (κ2) is 13.7. The largest absolute Gasteiger partial charge is 0.439 e. The van der Waals surface area contributed by atoms with Gasteiger partial charge >= 0.3 is 0 Å². The van der Waals surface area contributed by atoms with Crippen LogP contribution in [0.15, 0.2) is 85.2 Å². The Labute approximate surface area is 227 Å². The molecule has 2 aromatic carbocycles. The Balaban J connectivity index is 0.000000225. The van der Waals surface area contributed by atoms with E-state index in [0.29, 0.717) is 28.5 Å². The molecular formula is C25H22N4O10S. The summed E-state index contributed by atoms with van der Waals surface area (Å²) in [4.78, 5) is 28.0. The summed E-state index contributed by atoms with van der Waals surface area (Å²) in [6.07, 6.45) is 3.89. The molecule has 0 saturated heterocycles. The number of non-ortho nitro benzene ring substituents is 2. The third-order valence-electron chi connectivity index (χ3n) is 4.76. The predicted octanol–water partition coefficient (Wildman–Crippen LogP) is 4.53. The summed E-state index contributed by atoms with van der Waals surface area (Å²) >= 11 is 0. The molecule has 15 heteroatoms. The van der Waals surface area contributed by atoms with Crippen LogP contribution in [-0.4, -0.2) is 39.6 Å². The molecule has 2 heterocycles. The van der Waals surface area contributed by atoms with E-state index in [2.05, 4.69) is 14.2 Å². The number of ether oxygens (including phenoxy) is 2. The molecule has 2 aromatic heterocycles. The van der Waals surface area contributed by atoms with Crippen molar-refractivity contribution >= 4 is 21.5 Å².